The maximum Gasteiger partial charge on any atom is 0.303 e. The smallest absolute Gasteiger partial charge is 0.303 e. The van der Waals surface area contributed by atoms with Crippen LogP contribution in [0.15, 0.2) is 0 Å². The van der Waals surface area contributed by atoms with Crippen molar-refractivity contribution in [3.05, 3.63) is 0 Å². The van der Waals surface area contributed by atoms with E-state index in [1.54, 1.807) is 0 Å². The molecule has 0 aromatic carbocycles. The summed E-state index contributed by atoms with van der Waals surface area (Å²) in [6.07, 6.45) is -2.98. The summed E-state index contributed by atoms with van der Waals surface area (Å²) in [5.74, 6) is -1.01. The molecule has 4 atom stereocenters. The molecule has 0 amide bonds. The zero-order valence-electron chi connectivity index (χ0n) is 13.0. The van der Waals surface area contributed by atoms with Gasteiger partial charge in [0, 0.05) is 28.0 Å². The average Bonchev–Trinajstić information content (AvgIpc) is 2.41. The first-order chi connectivity index (χ1) is 9.99. The Kier molecular flexibility index (Phi) is 5.01. The van der Waals surface area contributed by atoms with Crippen LogP contribution in [0.2, 0.25) is 0 Å². The van der Waals surface area contributed by atoms with Gasteiger partial charge < -0.3 is 23.7 Å². The Morgan fingerprint density at radius 2 is 1.95 bits per heavy atom. The van der Waals surface area contributed by atoms with E-state index in [4.69, 9.17) is 26.4 Å². The second-order valence-corrected chi connectivity index (χ2v) is 4.08. The van der Waals surface area contributed by atoms with Crippen LogP contribution in [0.1, 0.15) is 16.6 Å². The third-order valence-electron chi connectivity index (χ3n) is 2.69. The van der Waals surface area contributed by atoms with Gasteiger partial charge in [0.2, 0.25) is 0 Å². The monoisotopic (exact) mass is 278 g/mol. The van der Waals surface area contributed by atoms with Gasteiger partial charge in [-0.3, -0.25) is 9.59 Å². The molecule has 7 heteroatoms. The Bertz CT molecular complexity index is 352. The Hall–Kier alpha value is -1.18. The number of carbonyl (C=O) groups is 2. The van der Waals surface area contributed by atoms with E-state index in [-0.39, 0.29) is 27.4 Å². The normalized spacial score (nSPS) is 32.1. The van der Waals surface area contributed by atoms with Gasteiger partial charge in [-0.2, -0.15) is 0 Å². The third kappa shape index (κ3) is 4.45. The zero-order valence-corrected chi connectivity index (χ0v) is 11.0. The Morgan fingerprint density at radius 1 is 1.21 bits per heavy atom. The molecule has 0 N–H and O–H groups in total. The minimum absolute atomic E-state index is 0.0701. The Morgan fingerprint density at radius 3 is 2.53 bits per heavy atom. The van der Waals surface area contributed by atoms with Crippen molar-refractivity contribution < 1.29 is 36.0 Å². The van der Waals surface area contributed by atoms with Crippen LogP contribution in [0.25, 0.3) is 0 Å². The van der Waals surface area contributed by atoms with Gasteiger partial charge in [-0.1, -0.05) is 0 Å². The molecule has 0 spiro atoms. The molecule has 1 aliphatic heterocycles. The Balaban J connectivity index is 2.82. The zero-order chi connectivity index (χ0) is 15.8. The molecule has 1 saturated heterocycles. The Labute approximate surface area is 114 Å². The number of esters is 2. The van der Waals surface area contributed by atoms with E-state index in [9.17, 15) is 9.59 Å². The maximum absolute atomic E-state index is 11.2. The molecule has 0 radical (unpaired) electrons. The summed E-state index contributed by atoms with van der Waals surface area (Å²) >= 11 is 0. The molecule has 0 aliphatic carbocycles. The number of hydrogen-bond donors (Lipinski definition) is 0. The van der Waals surface area contributed by atoms with E-state index in [1.807, 2.05) is 0 Å². The molecule has 0 bridgehead atoms. The van der Waals surface area contributed by atoms with Gasteiger partial charge >= 0.3 is 11.9 Å². The van der Waals surface area contributed by atoms with Crippen LogP contribution in [0, 0.1) is 0 Å². The fourth-order valence-corrected chi connectivity index (χ4v) is 1.85. The lowest BCUT2D eigenvalue weighted by atomic mass is 10.00. The molecule has 1 aliphatic rings. The van der Waals surface area contributed by atoms with Crippen LogP contribution in [0.4, 0.5) is 0 Å². The minimum atomic E-state index is -0.826. The molecule has 7 nitrogen and oxygen atoms in total. The predicted molar refractivity (Wildman–Crippen MR) is 63.5 cm³/mol. The van der Waals surface area contributed by atoms with E-state index in [0.717, 1.165) is 0 Å². The highest BCUT2D eigenvalue weighted by Crippen LogP contribution is 2.23. The predicted octanol–water partition coefficient (Wildman–Crippen LogP) is -0.0900. The van der Waals surface area contributed by atoms with Crippen molar-refractivity contribution in [1.82, 2.24) is 0 Å². The first-order valence-corrected chi connectivity index (χ1v) is 5.73. The summed E-state index contributed by atoms with van der Waals surface area (Å²) in [6, 6.07) is 0. The SMILES string of the molecule is [2H]CO[C@H]1[C@H](OC(C)=O)[C@@H](OC[2H])CO[C@@H]1COC(C)=O. The van der Waals surface area contributed by atoms with Crippen LogP contribution in [-0.2, 0) is 33.3 Å². The fourth-order valence-electron chi connectivity index (χ4n) is 1.85. The van der Waals surface area contributed by atoms with Gasteiger partial charge in [0.25, 0.3) is 0 Å². The third-order valence-corrected chi connectivity index (χ3v) is 2.69. The van der Waals surface area contributed by atoms with Crippen LogP contribution in [0.5, 0.6) is 0 Å². The van der Waals surface area contributed by atoms with Crippen molar-refractivity contribution in [2.45, 2.75) is 38.3 Å². The van der Waals surface area contributed by atoms with E-state index in [2.05, 4.69) is 0 Å². The lowest BCUT2D eigenvalue weighted by Crippen LogP contribution is -2.57. The molecule has 0 aromatic heterocycles. The summed E-state index contributed by atoms with van der Waals surface area (Å²) in [4.78, 5) is 22.1. The van der Waals surface area contributed by atoms with Crippen molar-refractivity contribution in [2.75, 3.05) is 27.4 Å². The summed E-state index contributed by atoms with van der Waals surface area (Å²) in [6.45, 7) is 2.50. The van der Waals surface area contributed by atoms with E-state index >= 15 is 0 Å². The van der Waals surface area contributed by atoms with E-state index in [1.165, 1.54) is 13.8 Å². The van der Waals surface area contributed by atoms with Gasteiger partial charge in [-0.25, -0.2) is 0 Å². The van der Waals surface area contributed by atoms with Crippen LogP contribution in [0.3, 0.4) is 0 Å². The molecule has 1 rings (SSSR count). The molecular formula is C12H20O7. The summed E-state index contributed by atoms with van der Waals surface area (Å²) in [5.41, 5.74) is 0. The lowest BCUT2D eigenvalue weighted by Gasteiger charge is -2.40. The van der Waals surface area contributed by atoms with Crippen molar-refractivity contribution in [2.24, 2.45) is 0 Å². The van der Waals surface area contributed by atoms with E-state index < -0.39 is 36.4 Å². The molecule has 0 aromatic rings. The largest absolute Gasteiger partial charge is 0.463 e. The van der Waals surface area contributed by atoms with Crippen molar-refractivity contribution >= 4 is 11.9 Å². The van der Waals surface area contributed by atoms with Crippen molar-refractivity contribution in [3.63, 3.8) is 0 Å². The highest BCUT2D eigenvalue weighted by atomic mass is 16.6. The summed E-state index contributed by atoms with van der Waals surface area (Å²) in [7, 11) is -0.704. The topological polar surface area (TPSA) is 80.3 Å². The quantitative estimate of drug-likeness (QED) is 0.650. The number of ether oxygens (including phenoxy) is 5. The van der Waals surface area contributed by atoms with Gasteiger partial charge in [-0.15, -0.1) is 0 Å². The molecule has 0 unspecified atom stereocenters. The molecule has 1 heterocycles. The second kappa shape index (κ2) is 7.42. The first kappa shape index (κ1) is 12.8. The van der Waals surface area contributed by atoms with Gasteiger partial charge in [0.1, 0.15) is 24.9 Å². The van der Waals surface area contributed by atoms with Crippen LogP contribution >= 0.6 is 0 Å². The number of rotatable bonds is 5. The highest BCUT2D eigenvalue weighted by molar-refractivity contribution is 5.66. The molecule has 110 valence electrons. The maximum atomic E-state index is 11.2. The minimum Gasteiger partial charge on any atom is -0.463 e. The first-order valence-electron chi connectivity index (χ1n) is 7.14. The van der Waals surface area contributed by atoms with Gasteiger partial charge in [0.05, 0.1) is 9.35 Å². The van der Waals surface area contributed by atoms with Crippen LogP contribution < -0.4 is 0 Å². The highest BCUT2D eigenvalue weighted by Gasteiger charge is 2.43. The standard InChI is InChI=1S/C12H20O7/c1-7(13)17-6-10-11(16-4)12(19-8(2)14)9(15-3)5-18-10/h9-12H,5-6H2,1-4H3/t9-,10+,11+,12+/m0/s1/i3D,4D. The average molecular weight is 278 g/mol. The summed E-state index contributed by atoms with van der Waals surface area (Å²) < 4.78 is 40.2. The number of hydrogen-bond acceptors (Lipinski definition) is 7. The molecule has 19 heavy (non-hydrogen) atoms. The molecule has 1 fully saturated rings. The lowest BCUT2D eigenvalue weighted by molar-refractivity contribution is -0.225. The second-order valence-electron chi connectivity index (χ2n) is 4.08. The van der Waals surface area contributed by atoms with Crippen molar-refractivity contribution in [3.8, 4) is 0 Å². The van der Waals surface area contributed by atoms with Crippen LogP contribution in [-0.4, -0.2) is 63.7 Å². The number of methoxy groups -OCH3 is 2. The van der Waals surface area contributed by atoms with Crippen molar-refractivity contribution in [1.29, 1.82) is 0 Å². The molecular weight excluding hydrogens is 256 g/mol. The van der Waals surface area contributed by atoms with Gasteiger partial charge in [0.15, 0.2) is 6.10 Å². The number of carbonyl (C=O) groups excluding carboxylic acids is 2. The summed E-state index contributed by atoms with van der Waals surface area (Å²) in [5, 5.41) is 0. The fraction of sp³-hybridized carbons (Fsp3) is 0.833. The molecule has 0 saturated carbocycles. The van der Waals surface area contributed by atoms with E-state index in [0.29, 0.717) is 0 Å². The van der Waals surface area contributed by atoms with Gasteiger partial charge in [-0.05, 0) is 0 Å².